The number of aromatic nitrogens is 2. The number of nitrogens with one attached hydrogen (secondary N) is 1. The van der Waals surface area contributed by atoms with E-state index in [1.165, 1.54) is 25.9 Å². The van der Waals surface area contributed by atoms with Crippen LogP contribution in [0, 0.1) is 5.92 Å². The van der Waals surface area contributed by atoms with Crippen LogP contribution in [0.5, 0.6) is 0 Å². The Morgan fingerprint density at radius 3 is 2.90 bits per heavy atom. The molecule has 2 aromatic rings. The average molecular weight is 270 g/mol. The van der Waals surface area contributed by atoms with Crippen LogP contribution in [0.2, 0.25) is 0 Å². The maximum absolute atomic E-state index is 4.53. The SMILES string of the molecule is CC1CCN(CCNc2ncc3ccccc3n2)CC1. The van der Waals surface area contributed by atoms with Gasteiger partial charge >= 0.3 is 0 Å². The molecule has 0 saturated carbocycles. The van der Waals surface area contributed by atoms with Gasteiger partial charge in [-0.2, -0.15) is 0 Å². The van der Waals surface area contributed by atoms with Crippen molar-refractivity contribution in [3.63, 3.8) is 0 Å². The summed E-state index contributed by atoms with van der Waals surface area (Å²) >= 11 is 0. The van der Waals surface area contributed by atoms with Gasteiger partial charge in [-0.05, 0) is 37.9 Å². The van der Waals surface area contributed by atoms with E-state index >= 15 is 0 Å². The zero-order valence-corrected chi connectivity index (χ0v) is 12.0. The minimum absolute atomic E-state index is 0.731. The summed E-state index contributed by atoms with van der Waals surface area (Å²) in [5, 5.41) is 4.42. The molecule has 3 rings (SSSR count). The first-order valence-electron chi connectivity index (χ1n) is 7.49. The first kappa shape index (κ1) is 13.3. The number of likely N-dealkylation sites (tertiary alicyclic amines) is 1. The lowest BCUT2D eigenvalue weighted by atomic mass is 9.99. The van der Waals surface area contributed by atoms with Crippen LogP contribution in [0.1, 0.15) is 19.8 Å². The van der Waals surface area contributed by atoms with Gasteiger partial charge in [0.05, 0.1) is 5.52 Å². The largest absolute Gasteiger partial charge is 0.353 e. The normalized spacial score (nSPS) is 17.4. The summed E-state index contributed by atoms with van der Waals surface area (Å²) in [5.41, 5.74) is 0.997. The van der Waals surface area contributed by atoms with Gasteiger partial charge in [-0.3, -0.25) is 0 Å². The molecular weight excluding hydrogens is 248 g/mol. The zero-order chi connectivity index (χ0) is 13.8. The van der Waals surface area contributed by atoms with Crippen LogP contribution < -0.4 is 5.32 Å². The average Bonchev–Trinajstić information content (AvgIpc) is 2.49. The molecular formula is C16H22N4. The number of hydrogen-bond acceptors (Lipinski definition) is 4. The van der Waals surface area contributed by atoms with Crippen molar-refractivity contribution in [3.8, 4) is 0 Å². The Balaban J connectivity index is 1.52. The molecule has 0 bridgehead atoms. The number of benzene rings is 1. The van der Waals surface area contributed by atoms with E-state index in [1.54, 1.807) is 0 Å². The second kappa shape index (κ2) is 6.18. The fraction of sp³-hybridized carbons (Fsp3) is 0.500. The summed E-state index contributed by atoms with van der Waals surface area (Å²) in [7, 11) is 0. The van der Waals surface area contributed by atoms with Gasteiger partial charge in [-0.1, -0.05) is 25.1 Å². The van der Waals surface area contributed by atoms with Crippen LogP contribution in [-0.4, -0.2) is 41.0 Å². The highest BCUT2D eigenvalue weighted by molar-refractivity contribution is 5.78. The zero-order valence-electron chi connectivity index (χ0n) is 12.0. The molecule has 4 nitrogen and oxygen atoms in total. The van der Waals surface area contributed by atoms with E-state index in [4.69, 9.17) is 0 Å². The number of nitrogens with zero attached hydrogens (tertiary/aromatic N) is 3. The van der Waals surface area contributed by atoms with E-state index in [1.807, 2.05) is 30.5 Å². The highest BCUT2D eigenvalue weighted by Crippen LogP contribution is 2.15. The van der Waals surface area contributed by atoms with Gasteiger partial charge in [0.15, 0.2) is 0 Å². The van der Waals surface area contributed by atoms with Crippen molar-refractivity contribution in [2.24, 2.45) is 5.92 Å². The van der Waals surface area contributed by atoms with Gasteiger partial charge in [-0.15, -0.1) is 0 Å². The predicted molar refractivity (Wildman–Crippen MR) is 82.9 cm³/mol. The Hall–Kier alpha value is -1.68. The molecule has 1 N–H and O–H groups in total. The summed E-state index contributed by atoms with van der Waals surface area (Å²) in [5.74, 6) is 1.62. The maximum Gasteiger partial charge on any atom is 0.223 e. The molecule has 0 aliphatic carbocycles. The van der Waals surface area contributed by atoms with E-state index in [0.717, 1.165) is 35.9 Å². The molecule has 4 heteroatoms. The minimum atomic E-state index is 0.731. The fourth-order valence-electron chi connectivity index (χ4n) is 2.67. The summed E-state index contributed by atoms with van der Waals surface area (Å²) in [6.45, 7) is 6.77. The molecule has 0 spiro atoms. The Kier molecular flexibility index (Phi) is 4.11. The fourth-order valence-corrected chi connectivity index (χ4v) is 2.67. The van der Waals surface area contributed by atoms with Gasteiger partial charge in [0.2, 0.25) is 5.95 Å². The lowest BCUT2D eigenvalue weighted by Gasteiger charge is -2.30. The van der Waals surface area contributed by atoms with Crippen molar-refractivity contribution in [1.82, 2.24) is 14.9 Å². The molecule has 20 heavy (non-hydrogen) atoms. The van der Waals surface area contributed by atoms with Crippen LogP contribution in [0.25, 0.3) is 10.9 Å². The lowest BCUT2D eigenvalue weighted by Crippen LogP contribution is -2.36. The molecule has 1 aromatic carbocycles. The first-order chi connectivity index (χ1) is 9.81. The quantitative estimate of drug-likeness (QED) is 0.927. The number of anilines is 1. The Labute approximate surface area is 120 Å². The molecule has 1 aliphatic heterocycles. The van der Waals surface area contributed by atoms with E-state index in [9.17, 15) is 0 Å². The molecule has 0 amide bonds. The summed E-state index contributed by atoms with van der Waals surface area (Å²) < 4.78 is 0. The van der Waals surface area contributed by atoms with Crippen LogP contribution in [0.3, 0.4) is 0 Å². The highest BCUT2D eigenvalue weighted by atomic mass is 15.2. The molecule has 0 radical (unpaired) electrons. The summed E-state index contributed by atoms with van der Waals surface area (Å²) in [6, 6.07) is 8.08. The summed E-state index contributed by atoms with van der Waals surface area (Å²) in [6.07, 6.45) is 4.53. The van der Waals surface area contributed by atoms with Crippen LogP contribution >= 0.6 is 0 Å². The molecule has 1 aromatic heterocycles. The van der Waals surface area contributed by atoms with Gasteiger partial charge < -0.3 is 10.2 Å². The van der Waals surface area contributed by atoms with E-state index in [2.05, 4.69) is 27.1 Å². The van der Waals surface area contributed by atoms with Crippen LogP contribution in [-0.2, 0) is 0 Å². The third kappa shape index (κ3) is 3.25. The molecule has 1 aliphatic rings. The maximum atomic E-state index is 4.53. The summed E-state index contributed by atoms with van der Waals surface area (Å²) in [4.78, 5) is 11.4. The van der Waals surface area contributed by atoms with Gasteiger partial charge in [0.25, 0.3) is 0 Å². The number of para-hydroxylation sites is 1. The second-order valence-electron chi connectivity index (χ2n) is 5.70. The van der Waals surface area contributed by atoms with Crippen LogP contribution in [0.15, 0.2) is 30.5 Å². The molecule has 0 unspecified atom stereocenters. The number of piperidine rings is 1. The highest BCUT2D eigenvalue weighted by Gasteiger charge is 2.14. The smallest absolute Gasteiger partial charge is 0.223 e. The Bertz CT molecular complexity index is 561. The molecule has 106 valence electrons. The predicted octanol–water partition coefficient (Wildman–Crippen LogP) is 2.77. The second-order valence-corrected chi connectivity index (χ2v) is 5.70. The Morgan fingerprint density at radius 2 is 2.05 bits per heavy atom. The van der Waals surface area contributed by atoms with Crippen molar-refractivity contribution in [3.05, 3.63) is 30.5 Å². The van der Waals surface area contributed by atoms with E-state index < -0.39 is 0 Å². The molecule has 1 fully saturated rings. The van der Waals surface area contributed by atoms with Crippen molar-refractivity contribution < 1.29 is 0 Å². The third-order valence-corrected chi connectivity index (χ3v) is 4.08. The molecule has 1 saturated heterocycles. The van der Waals surface area contributed by atoms with Gasteiger partial charge in [-0.25, -0.2) is 9.97 Å². The standard InChI is InChI=1S/C16H22N4/c1-13-6-9-20(10-7-13)11-8-17-16-18-12-14-4-2-3-5-15(14)19-16/h2-5,12-13H,6-11H2,1H3,(H,17,18,19). The molecule has 0 atom stereocenters. The van der Waals surface area contributed by atoms with E-state index in [0.29, 0.717) is 0 Å². The number of rotatable bonds is 4. The third-order valence-electron chi connectivity index (χ3n) is 4.08. The lowest BCUT2D eigenvalue weighted by molar-refractivity contribution is 0.199. The Morgan fingerprint density at radius 1 is 1.25 bits per heavy atom. The topological polar surface area (TPSA) is 41.0 Å². The van der Waals surface area contributed by atoms with Gasteiger partial charge in [0, 0.05) is 24.7 Å². The van der Waals surface area contributed by atoms with Crippen molar-refractivity contribution in [1.29, 1.82) is 0 Å². The van der Waals surface area contributed by atoms with E-state index in [-0.39, 0.29) is 0 Å². The van der Waals surface area contributed by atoms with Crippen molar-refractivity contribution in [2.75, 3.05) is 31.5 Å². The molecule has 2 heterocycles. The van der Waals surface area contributed by atoms with Crippen molar-refractivity contribution in [2.45, 2.75) is 19.8 Å². The van der Waals surface area contributed by atoms with Gasteiger partial charge in [0.1, 0.15) is 0 Å². The monoisotopic (exact) mass is 270 g/mol. The first-order valence-corrected chi connectivity index (χ1v) is 7.49. The number of hydrogen-bond donors (Lipinski definition) is 1. The van der Waals surface area contributed by atoms with Crippen molar-refractivity contribution >= 4 is 16.9 Å². The number of fused-ring (bicyclic) bond motifs is 1. The van der Waals surface area contributed by atoms with Crippen LogP contribution in [0.4, 0.5) is 5.95 Å². The minimum Gasteiger partial charge on any atom is -0.353 e.